The number of nitrogens with zero attached hydrogens (tertiary/aromatic N) is 6. The molecule has 0 aromatic carbocycles. The maximum absolute atomic E-state index is 14.2. The van der Waals surface area contributed by atoms with E-state index in [9.17, 15) is 14.3 Å². The van der Waals surface area contributed by atoms with Crippen LogP contribution in [0.2, 0.25) is 5.02 Å². The van der Waals surface area contributed by atoms with Gasteiger partial charge in [-0.3, -0.25) is 14.5 Å². The first-order chi connectivity index (χ1) is 16.2. The second-order valence-electron chi connectivity index (χ2n) is 8.24. The highest BCUT2D eigenvalue weighted by Gasteiger charge is 2.27. The normalized spacial score (nSPS) is 12.6. The monoisotopic (exact) mass is 486 g/mol. The highest BCUT2D eigenvalue weighted by Crippen LogP contribution is 2.27. The molecule has 4 heterocycles. The number of hydrogen-bond acceptors (Lipinski definition) is 7. The molecule has 0 saturated carbocycles. The molecule has 1 atom stereocenters. The molecule has 0 bridgehead atoms. The van der Waals surface area contributed by atoms with Crippen LogP contribution in [-0.2, 0) is 6.54 Å². The van der Waals surface area contributed by atoms with Gasteiger partial charge in [0.1, 0.15) is 11.9 Å². The van der Waals surface area contributed by atoms with Gasteiger partial charge in [-0.1, -0.05) is 11.6 Å². The quantitative estimate of drug-likeness (QED) is 0.349. The second kappa shape index (κ2) is 9.35. The summed E-state index contributed by atoms with van der Waals surface area (Å²) in [5.74, 6) is -0.542. The van der Waals surface area contributed by atoms with Gasteiger partial charge in [-0.25, -0.2) is 13.9 Å². The van der Waals surface area contributed by atoms with Gasteiger partial charge in [0.25, 0.3) is 5.91 Å². The van der Waals surface area contributed by atoms with E-state index in [2.05, 4.69) is 30.8 Å². The molecule has 0 saturated heterocycles. The van der Waals surface area contributed by atoms with Crippen LogP contribution in [0.5, 0.6) is 0 Å². The van der Waals surface area contributed by atoms with Gasteiger partial charge in [-0.2, -0.15) is 10.2 Å². The summed E-state index contributed by atoms with van der Waals surface area (Å²) >= 11 is 6.00. The van der Waals surface area contributed by atoms with E-state index in [0.29, 0.717) is 40.0 Å². The highest BCUT2D eigenvalue weighted by molar-refractivity contribution is 6.30. The molecule has 178 valence electrons. The summed E-state index contributed by atoms with van der Waals surface area (Å²) in [6.07, 6.45) is 6.29. The molecule has 1 amide bonds. The minimum absolute atomic E-state index is 0.195. The first-order valence-corrected chi connectivity index (χ1v) is 11.0. The number of amides is 1. The number of pyridine rings is 1. The number of aliphatic hydroxyl groups is 1. The molecule has 3 N–H and O–H groups in total. The van der Waals surface area contributed by atoms with E-state index >= 15 is 0 Å². The number of aromatic nitrogens is 6. The average molecular weight is 487 g/mol. The number of hydrogen-bond donors (Lipinski definition) is 3. The van der Waals surface area contributed by atoms with Crippen molar-refractivity contribution in [2.24, 2.45) is 0 Å². The zero-order valence-electron chi connectivity index (χ0n) is 18.8. The fraction of sp³-hybridized carbons (Fsp3) is 0.318. The van der Waals surface area contributed by atoms with Gasteiger partial charge in [0.05, 0.1) is 58.4 Å². The highest BCUT2D eigenvalue weighted by atomic mass is 35.5. The summed E-state index contributed by atoms with van der Waals surface area (Å²) in [5, 5.41) is 24.5. The van der Waals surface area contributed by atoms with E-state index < -0.39 is 17.7 Å². The Morgan fingerprint density at radius 3 is 2.71 bits per heavy atom. The maximum Gasteiger partial charge on any atom is 0.255 e. The number of fused-ring (bicyclic) bond motifs is 1. The van der Waals surface area contributed by atoms with E-state index in [-0.39, 0.29) is 12.1 Å². The standard InChI is InChI=1S/C22H24ClFN8O2/c1-4-31-12-14(8-28-31)30-16-6-17(18-10-26-20-5-13(23)7-29-32(18)20)25-9-15(16)21(33)27-11-19(24)22(2,3)34/h5-10,12,19,34H,4,11H2,1-3H3,(H,25,30)(H,27,33)/t19-/m1/s1. The molecule has 0 unspecified atom stereocenters. The number of alkyl halides is 1. The van der Waals surface area contributed by atoms with Gasteiger partial charge in [0.15, 0.2) is 5.65 Å². The number of anilines is 2. The number of carbonyl (C=O) groups is 1. The lowest BCUT2D eigenvalue weighted by atomic mass is 10.0. The number of halogens is 2. The Hall–Kier alpha value is -3.57. The van der Waals surface area contributed by atoms with Crippen LogP contribution in [0.4, 0.5) is 15.8 Å². The lowest BCUT2D eigenvalue weighted by molar-refractivity contribution is -0.00177. The van der Waals surface area contributed by atoms with Crippen molar-refractivity contribution in [3.63, 3.8) is 0 Å². The summed E-state index contributed by atoms with van der Waals surface area (Å²) < 4.78 is 17.5. The van der Waals surface area contributed by atoms with Crippen molar-refractivity contribution in [1.82, 2.24) is 34.7 Å². The minimum atomic E-state index is -1.64. The van der Waals surface area contributed by atoms with Gasteiger partial charge < -0.3 is 15.7 Å². The third kappa shape index (κ3) is 5.00. The number of imidazole rings is 1. The lowest BCUT2D eigenvalue weighted by Crippen LogP contribution is -2.42. The Balaban J connectivity index is 1.69. The van der Waals surface area contributed by atoms with Crippen molar-refractivity contribution in [3.8, 4) is 11.4 Å². The minimum Gasteiger partial charge on any atom is -0.387 e. The number of aryl methyl sites for hydroxylation is 1. The zero-order valence-corrected chi connectivity index (χ0v) is 19.6. The molecular weight excluding hydrogens is 463 g/mol. The molecule has 10 nitrogen and oxygen atoms in total. The van der Waals surface area contributed by atoms with Crippen LogP contribution < -0.4 is 10.6 Å². The lowest BCUT2D eigenvalue weighted by Gasteiger charge is -2.22. The molecule has 0 spiro atoms. The average Bonchev–Trinajstić information content (AvgIpc) is 3.42. The van der Waals surface area contributed by atoms with E-state index in [4.69, 9.17) is 11.6 Å². The third-order valence-corrected chi connectivity index (χ3v) is 5.39. The molecule has 12 heteroatoms. The smallest absolute Gasteiger partial charge is 0.255 e. The molecule has 0 fully saturated rings. The van der Waals surface area contributed by atoms with Crippen molar-refractivity contribution >= 4 is 34.5 Å². The van der Waals surface area contributed by atoms with Crippen LogP contribution in [0, 0.1) is 0 Å². The predicted octanol–water partition coefficient (Wildman–Crippen LogP) is 3.24. The van der Waals surface area contributed by atoms with Crippen LogP contribution in [0.25, 0.3) is 17.0 Å². The van der Waals surface area contributed by atoms with Crippen molar-refractivity contribution < 1.29 is 14.3 Å². The topological polar surface area (TPSA) is 122 Å². The van der Waals surface area contributed by atoms with Crippen LogP contribution in [0.3, 0.4) is 0 Å². The van der Waals surface area contributed by atoms with Crippen LogP contribution >= 0.6 is 11.6 Å². The molecule has 4 aromatic heterocycles. The Bertz CT molecular complexity index is 1330. The summed E-state index contributed by atoms with van der Waals surface area (Å²) in [6, 6.07) is 3.36. The molecule has 0 aliphatic rings. The van der Waals surface area contributed by atoms with Crippen LogP contribution in [0.15, 0.2) is 43.1 Å². The van der Waals surface area contributed by atoms with Crippen LogP contribution in [-0.4, -0.2) is 58.7 Å². The first kappa shape index (κ1) is 23.6. The summed E-state index contributed by atoms with van der Waals surface area (Å²) in [5.41, 5.74) is 1.35. The van der Waals surface area contributed by atoms with Gasteiger partial charge >= 0.3 is 0 Å². The van der Waals surface area contributed by atoms with E-state index in [1.807, 2.05) is 6.92 Å². The summed E-state index contributed by atoms with van der Waals surface area (Å²) in [6.45, 7) is 4.97. The Morgan fingerprint density at radius 2 is 2.00 bits per heavy atom. The van der Waals surface area contributed by atoms with Gasteiger partial charge in [-0.05, 0) is 26.8 Å². The molecule has 4 aromatic rings. The summed E-state index contributed by atoms with van der Waals surface area (Å²) in [7, 11) is 0. The molecule has 34 heavy (non-hydrogen) atoms. The third-order valence-electron chi connectivity index (χ3n) is 5.18. The second-order valence-corrected chi connectivity index (χ2v) is 8.68. The van der Waals surface area contributed by atoms with Crippen LogP contribution in [0.1, 0.15) is 31.1 Å². The van der Waals surface area contributed by atoms with Crippen molar-refractivity contribution in [2.45, 2.75) is 39.1 Å². The summed E-state index contributed by atoms with van der Waals surface area (Å²) in [4.78, 5) is 21.6. The largest absolute Gasteiger partial charge is 0.387 e. The number of nitrogens with one attached hydrogen (secondary N) is 2. The fourth-order valence-corrected chi connectivity index (χ4v) is 3.33. The predicted molar refractivity (Wildman–Crippen MR) is 126 cm³/mol. The van der Waals surface area contributed by atoms with E-state index in [1.165, 1.54) is 26.2 Å². The van der Waals surface area contributed by atoms with Crippen molar-refractivity contribution in [3.05, 3.63) is 53.7 Å². The number of rotatable bonds is 8. The van der Waals surface area contributed by atoms with Crippen molar-refractivity contribution in [2.75, 3.05) is 11.9 Å². The molecule has 4 rings (SSSR count). The fourth-order valence-electron chi connectivity index (χ4n) is 3.19. The first-order valence-electron chi connectivity index (χ1n) is 10.6. The molecule has 0 radical (unpaired) electrons. The molecular formula is C22H24ClFN8O2. The Kier molecular flexibility index (Phi) is 6.49. The van der Waals surface area contributed by atoms with Crippen molar-refractivity contribution in [1.29, 1.82) is 0 Å². The molecule has 0 aliphatic carbocycles. The van der Waals surface area contributed by atoms with E-state index in [1.54, 1.807) is 39.9 Å². The van der Waals surface area contributed by atoms with E-state index in [0.717, 1.165) is 0 Å². The Morgan fingerprint density at radius 1 is 1.21 bits per heavy atom. The van der Waals surface area contributed by atoms with Gasteiger partial charge in [0, 0.05) is 25.0 Å². The van der Waals surface area contributed by atoms with Gasteiger partial charge in [0.2, 0.25) is 0 Å². The SMILES string of the molecule is CCn1cc(Nc2cc(-c3cnc4cc(Cl)cnn34)ncc2C(=O)NC[C@@H](F)C(C)(C)O)cn1. The molecule has 0 aliphatic heterocycles. The Labute approximate surface area is 199 Å². The van der Waals surface area contributed by atoms with Gasteiger partial charge in [-0.15, -0.1) is 0 Å². The maximum atomic E-state index is 14.2. The zero-order chi connectivity index (χ0) is 24.5. The number of carbonyl (C=O) groups excluding carboxylic acids is 1.